The minimum absolute atomic E-state index is 0.0433. The number of amides is 3. The summed E-state index contributed by atoms with van der Waals surface area (Å²) in [6.07, 6.45) is 5.18. The molecule has 0 aliphatic carbocycles. The quantitative estimate of drug-likeness (QED) is 0.394. The van der Waals surface area contributed by atoms with Gasteiger partial charge in [0.15, 0.2) is 11.4 Å². The third kappa shape index (κ3) is 4.37. The molecule has 1 aliphatic rings. The molecule has 0 bridgehead atoms. The van der Waals surface area contributed by atoms with E-state index in [-0.39, 0.29) is 29.3 Å². The van der Waals surface area contributed by atoms with E-state index in [9.17, 15) is 14.4 Å². The second-order valence-corrected chi connectivity index (χ2v) is 8.25. The summed E-state index contributed by atoms with van der Waals surface area (Å²) in [6, 6.07) is 7.58. The summed E-state index contributed by atoms with van der Waals surface area (Å²) >= 11 is 0. The topological polar surface area (TPSA) is 121 Å². The van der Waals surface area contributed by atoms with Crippen LogP contribution in [0.15, 0.2) is 36.7 Å². The maximum atomic E-state index is 12.5. The van der Waals surface area contributed by atoms with Crippen molar-refractivity contribution in [2.24, 2.45) is 5.92 Å². The highest BCUT2D eigenvalue weighted by Crippen LogP contribution is 2.23. The second kappa shape index (κ2) is 9.25. The lowest BCUT2D eigenvalue weighted by molar-refractivity contribution is -0.122. The Bertz CT molecular complexity index is 1090. The second-order valence-electron chi connectivity index (χ2n) is 8.25. The van der Waals surface area contributed by atoms with Crippen molar-refractivity contribution in [2.45, 2.75) is 45.6 Å². The molecule has 9 heteroatoms. The van der Waals surface area contributed by atoms with Crippen LogP contribution in [0.5, 0.6) is 0 Å². The van der Waals surface area contributed by atoms with Crippen molar-refractivity contribution in [3.63, 3.8) is 0 Å². The van der Waals surface area contributed by atoms with Gasteiger partial charge in [-0.25, -0.2) is 15.0 Å². The van der Waals surface area contributed by atoms with Crippen LogP contribution < -0.4 is 5.32 Å². The van der Waals surface area contributed by atoms with Crippen molar-refractivity contribution >= 4 is 28.8 Å². The Morgan fingerprint density at radius 1 is 1.03 bits per heavy atom. The van der Waals surface area contributed by atoms with E-state index in [0.29, 0.717) is 25.8 Å². The minimum atomic E-state index is -0.401. The molecule has 3 heterocycles. The Kier molecular flexibility index (Phi) is 6.25. The van der Waals surface area contributed by atoms with Gasteiger partial charge in [-0.2, -0.15) is 0 Å². The predicted octanol–water partition coefficient (Wildman–Crippen LogP) is 3.02. The molecule has 1 aliphatic heterocycles. The zero-order chi connectivity index (χ0) is 22.7. The number of para-hydroxylation sites is 2. The number of fused-ring (bicyclic) bond motifs is 2. The number of hydrogen-bond acceptors (Lipinski definition) is 6. The summed E-state index contributed by atoms with van der Waals surface area (Å²) in [5.41, 5.74) is 2.05. The third-order valence-electron chi connectivity index (χ3n) is 5.56. The molecule has 9 nitrogen and oxygen atoms in total. The molecule has 1 atom stereocenters. The number of aromatic nitrogens is 4. The number of nitrogens with one attached hydrogen (secondary N) is 2. The maximum absolute atomic E-state index is 12.5. The third-order valence-corrected chi connectivity index (χ3v) is 5.56. The summed E-state index contributed by atoms with van der Waals surface area (Å²) in [6.45, 7) is 4.39. The first-order valence-corrected chi connectivity index (χ1v) is 10.9. The van der Waals surface area contributed by atoms with Gasteiger partial charge in [-0.3, -0.25) is 19.3 Å². The Labute approximate surface area is 185 Å². The lowest BCUT2D eigenvalue weighted by Crippen LogP contribution is -2.32. The van der Waals surface area contributed by atoms with Gasteiger partial charge >= 0.3 is 0 Å². The van der Waals surface area contributed by atoms with Crippen LogP contribution in [0.1, 0.15) is 72.4 Å². The fraction of sp³-hybridized carbons (Fsp3) is 0.391. The number of rotatable bonds is 9. The first-order valence-electron chi connectivity index (χ1n) is 10.9. The molecule has 2 aromatic heterocycles. The van der Waals surface area contributed by atoms with E-state index in [0.717, 1.165) is 23.3 Å². The molecule has 3 aromatic rings. The number of benzene rings is 1. The van der Waals surface area contributed by atoms with Crippen LogP contribution in [0.4, 0.5) is 0 Å². The number of aromatic amines is 1. The summed E-state index contributed by atoms with van der Waals surface area (Å²) in [4.78, 5) is 54.1. The monoisotopic (exact) mass is 434 g/mol. The molecular formula is C23H26N6O3. The van der Waals surface area contributed by atoms with Crippen molar-refractivity contribution in [3.05, 3.63) is 53.9 Å². The van der Waals surface area contributed by atoms with Gasteiger partial charge in [0.1, 0.15) is 5.82 Å². The van der Waals surface area contributed by atoms with Crippen LogP contribution in [-0.2, 0) is 4.79 Å². The van der Waals surface area contributed by atoms with Crippen molar-refractivity contribution in [1.29, 1.82) is 0 Å². The molecule has 0 fully saturated rings. The molecule has 2 N–H and O–H groups in total. The smallest absolute Gasteiger partial charge is 0.281 e. The maximum Gasteiger partial charge on any atom is 0.281 e. The Morgan fingerprint density at radius 3 is 2.38 bits per heavy atom. The highest BCUT2D eigenvalue weighted by molar-refractivity contribution is 6.19. The van der Waals surface area contributed by atoms with Crippen LogP contribution >= 0.6 is 0 Å². The largest absolute Gasteiger partial charge is 0.346 e. The van der Waals surface area contributed by atoms with E-state index in [1.165, 1.54) is 17.3 Å². The lowest BCUT2D eigenvalue weighted by Gasteiger charge is -2.20. The van der Waals surface area contributed by atoms with Gasteiger partial charge in [0.25, 0.3) is 11.8 Å². The fourth-order valence-corrected chi connectivity index (χ4v) is 3.85. The van der Waals surface area contributed by atoms with E-state index in [1.54, 1.807) is 0 Å². The zero-order valence-electron chi connectivity index (χ0n) is 18.2. The van der Waals surface area contributed by atoms with Gasteiger partial charge in [-0.15, -0.1) is 0 Å². The Hall–Kier alpha value is -3.62. The van der Waals surface area contributed by atoms with Crippen molar-refractivity contribution in [2.75, 3.05) is 6.54 Å². The Balaban J connectivity index is 1.24. The van der Waals surface area contributed by atoms with Gasteiger partial charge in [0, 0.05) is 25.4 Å². The molecule has 0 unspecified atom stereocenters. The molecule has 0 radical (unpaired) electrons. The van der Waals surface area contributed by atoms with Crippen LogP contribution in [0.25, 0.3) is 11.0 Å². The van der Waals surface area contributed by atoms with Crippen LogP contribution in [0.2, 0.25) is 0 Å². The standard InChI is InChI=1S/C23H26N6O3/c1-14(2)18(21-26-15-8-5-6-9-16(15)27-21)28-17(30)10-4-3-7-13-29-22(31)19-20(23(29)32)25-12-11-24-19/h5-6,8-9,11-12,14,18H,3-4,7,10,13H2,1-2H3,(H,26,27)(H,28,30)/t18-/m1/s1. The predicted molar refractivity (Wildman–Crippen MR) is 118 cm³/mol. The molecule has 32 heavy (non-hydrogen) atoms. The number of imide groups is 1. The van der Waals surface area contributed by atoms with E-state index in [2.05, 4.69) is 25.3 Å². The molecule has 166 valence electrons. The van der Waals surface area contributed by atoms with Gasteiger partial charge in [-0.1, -0.05) is 32.4 Å². The number of unbranched alkanes of at least 4 members (excludes halogenated alkanes) is 2. The van der Waals surface area contributed by atoms with Crippen LogP contribution in [-0.4, -0.2) is 49.1 Å². The normalized spacial score (nSPS) is 14.3. The molecule has 1 aromatic carbocycles. The number of hydrogen-bond donors (Lipinski definition) is 2. The number of H-pyrrole nitrogens is 1. The summed E-state index contributed by atoms with van der Waals surface area (Å²) in [5.74, 6) is 0.0825. The molecule has 0 saturated carbocycles. The highest BCUT2D eigenvalue weighted by Gasteiger charge is 2.37. The van der Waals surface area contributed by atoms with E-state index < -0.39 is 11.8 Å². The summed E-state index contributed by atoms with van der Waals surface area (Å²) in [5, 5.41) is 3.08. The SMILES string of the molecule is CC(C)[C@@H](NC(=O)CCCCCN1C(=O)c2nccnc2C1=O)c1nc2ccccc2[nH]1. The van der Waals surface area contributed by atoms with E-state index >= 15 is 0 Å². The van der Waals surface area contributed by atoms with Gasteiger partial charge in [0.05, 0.1) is 17.1 Å². The number of nitrogens with zero attached hydrogens (tertiary/aromatic N) is 4. The Morgan fingerprint density at radius 2 is 1.72 bits per heavy atom. The first kappa shape index (κ1) is 21.6. The molecule has 4 rings (SSSR count). The summed E-state index contributed by atoms with van der Waals surface area (Å²) < 4.78 is 0. The van der Waals surface area contributed by atoms with Crippen molar-refractivity contribution in [3.8, 4) is 0 Å². The van der Waals surface area contributed by atoms with Crippen LogP contribution in [0, 0.1) is 5.92 Å². The van der Waals surface area contributed by atoms with Gasteiger partial charge < -0.3 is 10.3 Å². The number of imidazole rings is 1. The fourth-order valence-electron chi connectivity index (χ4n) is 3.85. The van der Waals surface area contributed by atoms with Crippen molar-refractivity contribution < 1.29 is 14.4 Å². The van der Waals surface area contributed by atoms with Gasteiger partial charge in [-0.05, 0) is 30.9 Å². The number of carbonyl (C=O) groups is 3. The average Bonchev–Trinajstić information content (AvgIpc) is 3.32. The van der Waals surface area contributed by atoms with Gasteiger partial charge in [0.2, 0.25) is 5.91 Å². The molecule has 0 spiro atoms. The van der Waals surface area contributed by atoms with E-state index in [1.807, 2.05) is 38.1 Å². The zero-order valence-corrected chi connectivity index (χ0v) is 18.2. The minimum Gasteiger partial charge on any atom is -0.346 e. The van der Waals surface area contributed by atoms with E-state index in [4.69, 9.17) is 0 Å². The van der Waals surface area contributed by atoms with Crippen molar-refractivity contribution in [1.82, 2.24) is 30.2 Å². The molecular weight excluding hydrogens is 408 g/mol. The molecule has 0 saturated heterocycles. The van der Waals surface area contributed by atoms with Crippen LogP contribution in [0.3, 0.4) is 0 Å². The molecule has 3 amide bonds. The summed E-state index contributed by atoms with van der Waals surface area (Å²) in [7, 11) is 0. The highest BCUT2D eigenvalue weighted by atomic mass is 16.2. The lowest BCUT2D eigenvalue weighted by atomic mass is 10.0. The number of carbonyl (C=O) groups excluding carboxylic acids is 3. The first-order chi connectivity index (χ1) is 15.5. The average molecular weight is 435 g/mol.